The first-order valence-electron chi connectivity index (χ1n) is 5.69. The molecule has 6 nitrogen and oxygen atoms in total. The fourth-order valence-electron chi connectivity index (χ4n) is 1.90. The zero-order chi connectivity index (χ0) is 13.8. The van der Waals surface area contributed by atoms with Gasteiger partial charge in [-0.05, 0) is 17.7 Å². The Labute approximate surface area is 110 Å². The number of carbonyl (C=O) groups excluding carboxylic acids is 1. The van der Waals surface area contributed by atoms with Crippen molar-refractivity contribution in [2.75, 3.05) is 13.9 Å². The van der Waals surface area contributed by atoms with Crippen molar-refractivity contribution in [1.29, 1.82) is 5.26 Å². The third kappa shape index (κ3) is 2.61. The molecule has 6 heteroatoms. The zero-order valence-electron chi connectivity index (χ0n) is 10.3. The molecule has 1 N–H and O–H groups in total. The number of fused-ring (bicyclic) bond motifs is 1. The predicted octanol–water partition coefficient (Wildman–Crippen LogP) is 1.15. The van der Waals surface area contributed by atoms with Crippen LogP contribution in [-0.2, 0) is 9.53 Å². The van der Waals surface area contributed by atoms with Crippen LogP contribution in [0.3, 0.4) is 0 Å². The molecule has 1 aromatic rings. The Balaban J connectivity index is 2.24. The summed E-state index contributed by atoms with van der Waals surface area (Å²) in [5.74, 6) is -0.440. The lowest BCUT2D eigenvalue weighted by molar-refractivity contribution is -0.149. The largest absolute Gasteiger partial charge is 0.469 e. The van der Waals surface area contributed by atoms with Gasteiger partial charge in [-0.1, -0.05) is 6.07 Å². The van der Waals surface area contributed by atoms with E-state index in [0.717, 1.165) is 0 Å². The monoisotopic (exact) mass is 263 g/mol. The van der Waals surface area contributed by atoms with E-state index in [1.165, 1.54) is 7.11 Å². The van der Waals surface area contributed by atoms with Crippen molar-refractivity contribution in [2.24, 2.45) is 5.92 Å². The number of ether oxygens (including phenoxy) is 3. The highest BCUT2D eigenvalue weighted by Crippen LogP contribution is 2.36. The maximum absolute atomic E-state index is 11.6. The van der Waals surface area contributed by atoms with Gasteiger partial charge in [0, 0.05) is 0 Å². The second kappa shape index (κ2) is 5.59. The molecular formula is C13H13NO5. The van der Waals surface area contributed by atoms with E-state index in [0.29, 0.717) is 17.1 Å². The van der Waals surface area contributed by atoms with E-state index in [2.05, 4.69) is 4.74 Å². The fourth-order valence-corrected chi connectivity index (χ4v) is 1.90. The molecule has 0 saturated heterocycles. The predicted molar refractivity (Wildman–Crippen MR) is 63.3 cm³/mol. The van der Waals surface area contributed by atoms with Crippen LogP contribution in [0.5, 0.6) is 11.5 Å². The molecule has 0 spiro atoms. The van der Waals surface area contributed by atoms with Crippen LogP contribution in [0.15, 0.2) is 18.2 Å². The molecule has 1 aromatic carbocycles. The lowest BCUT2D eigenvalue weighted by atomic mass is 9.93. The highest BCUT2D eigenvalue weighted by molar-refractivity contribution is 5.73. The molecule has 0 radical (unpaired) electrons. The van der Waals surface area contributed by atoms with Crippen molar-refractivity contribution in [1.82, 2.24) is 0 Å². The van der Waals surface area contributed by atoms with Crippen LogP contribution in [0, 0.1) is 17.2 Å². The highest BCUT2D eigenvalue weighted by Gasteiger charge is 2.30. The molecule has 0 bridgehead atoms. The summed E-state index contributed by atoms with van der Waals surface area (Å²) in [6.45, 7) is 0.132. The SMILES string of the molecule is COC(=O)[C@H](CC#N)[C@H](O)c1ccc2c(c1)OCO2. The van der Waals surface area contributed by atoms with Crippen LogP contribution < -0.4 is 9.47 Å². The molecule has 0 aromatic heterocycles. The Bertz CT molecular complexity index is 522. The van der Waals surface area contributed by atoms with E-state index in [4.69, 9.17) is 14.7 Å². The number of nitrogens with zero attached hydrogens (tertiary/aromatic N) is 1. The summed E-state index contributed by atoms with van der Waals surface area (Å²) in [5.41, 5.74) is 0.481. The zero-order valence-corrected chi connectivity index (χ0v) is 10.3. The number of hydrogen-bond acceptors (Lipinski definition) is 6. The number of benzene rings is 1. The van der Waals surface area contributed by atoms with Crippen molar-refractivity contribution in [3.05, 3.63) is 23.8 Å². The highest BCUT2D eigenvalue weighted by atomic mass is 16.7. The number of hydrogen-bond donors (Lipinski definition) is 1. The molecule has 1 heterocycles. The standard InChI is InChI=1S/C13H13NO5/c1-17-13(16)9(4-5-14)12(15)8-2-3-10-11(6-8)19-7-18-10/h2-3,6,9,12,15H,4,7H2,1H3/t9-,12-/m1/s1. The number of aliphatic hydroxyl groups is 1. The lowest BCUT2D eigenvalue weighted by Crippen LogP contribution is -2.23. The molecule has 2 atom stereocenters. The Morgan fingerprint density at radius 1 is 1.53 bits per heavy atom. The van der Waals surface area contributed by atoms with Crippen LogP contribution in [0.25, 0.3) is 0 Å². The Morgan fingerprint density at radius 3 is 2.95 bits per heavy atom. The van der Waals surface area contributed by atoms with Crippen molar-refractivity contribution in [3.8, 4) is 17.6 Å². The van der Waals surface area contributed by atoms with Crippen LogP contribution in [-0.4, -0.2) is 25.0 Å². The van der Waals surface area contributed by atoms with Gasteiger partial charge >= 0.3 is 5.97 Å². The van der Waals surface area contributed by atoms with E-state index in [1.807, 2.05) is 6.07 Å². The number of rotatable bonds is 4. The van der Waals surface area contributed by atoms with Crippen LogP contribution in [0.2, 0.25) is 0 Å². The van der Waals surface area contributed by atoms with Crippen LogP contribution in [0.1, 0.15) is 18.1 Å². The summed E-state index contributed by atoms with van der Waals surface area (Å²) >= 11 is 0. The van der Waals surface area contributed by atoms with Crippen molar-refractivity contribution < 1.29 is 24.1 Å². The molecule has 19 heavy (non-hydrogen) atoms. The summed E-state index contributed by atoms with van der Waals surface area (Å²) < 4.78 is 15.0. The van der Waals surface area contributed by atoms with Gasteiger partial charge in [0.1, 0.15) is 0 Å². The van der Waals surface area contributed by atoms with E-state index < -0.39 is 18.0 Å². The van der Waals surface area contributed by atoms with Gasteiger partial charge < -0.3 is 19.3 Å². The summed E-state index contributed by atoms with van der Waals surface area (Å²) in [6, 6.07) is 6.75. The van der Waals surface area contributed by atoms with E-state index >= 15 is 0 Å². The fraction of sp³-hybridized carbons (Fsp3) is 0.385. The maximum atomic E-state index is 11.6. The van der Waals surface area contributed by atoms with Crippen molar-refractivity contribution in [3.63, 3.8) is 0 Å². The molecule has 0 saturated carbocycles. The van der Waals surface area contributed by atoms with Gasteiger partial charge in [-0.15, -0.1) is 0 Å². The topological polar surface area (TPSA) is 88.8 Å². The average molecular weight is 263 g/mol. The van der Waals surface area contributed by atoms with Crippen molar-refractivity contribution >= 4 is 5.97 Å². The molecular weight excluding hydrogens is 250 g/mol. The molecule has 1 aliphatic rings. The third-order valence-corrected chi connectivity index (χ3v) is 2.93. The van der Waals surface area contributed by atoms with E-state index in [1.54, 1.807) is 18.2 Å². The van der Waals surface area contributed by atoms with E-state index in [-0.39, 0.29) is 13.2 Å². The number of aliphatic hydroxyl groups excluding tert-OH is 1. The van der Waals surface area contributed by atoms with Gasteiger partial charge in [-0.3, -0.25) is 4.79 Å². The maximum Gasteiger partial charge on any atom is 0.312 e. The van der Waals surface area contributed by atoms with Gasteiger partial charge in [-0.25, -0.2) is 0 Å². The molecule has 100 valence electrons. The van der Waals surface area contributed by atoms with Gasteiger partial charge in [-0.2, -0.15) is 5.26 Å². The Hall–Kier alpha value is -2.26. The number of esters is 1. The Morgan fingerprint density at radius 2 is 2.26 bits per heavy atom. The summed E-state index contributed by atoms with van der Waals surface area (Å²) in [7, 11) is 1.22. The second-order valence-electron chi connectivity index (χ2n) is 4.05. The van der Waals surface area contributed by atoms with E-state index in [9.17, 15) is 9.90 Å². The lowest BCUT2D eigenvalue weighted by Gasteiger charge is -2.18. The average Bonchev–Trinajstić information content (AvgIpc) is 2.90. The van der Waals surface area contributed by atoms with Crippen LogP contribution >= 0.6 is 0 Å². The molecule has 0 fully saturated rings. The minimum atomic E-state index is -1.12. The first-order valence-corrected chi connectivity index (χ1v) is 5.69. The first kappa shape index (κ1) is 13.2. The third-order valence-electron chi connectivity index (χ3n) is 2.93. The summed E-state index contributed by atoms with van der Waals surface area (Å²) in [5, 5.41) is 18.9. The van der Waals surface area contributed by atoms with Gasteiger partial charge in [0.15, 0.2) is 11.5 Å². The molecule has 0 aliphatic carbocycles. The minimum absolute atomic E-state index is 0.123. The first-order chi connectivity index (χ1) is 9.17. The van der Waals surface area contributed by atoms with Gasteiger partial charge in [0.2, 0.25) is 6.79 Å². The molecule has 0 amide bonds. The summed E-state index contributed by atoms with van der Waals surface area (Å²) in [4.78, 5) is 11.6. The van der Waals surface area contributed by atoms with Gasteiger partial charge in [0.05, 0.1) is 31.6 Å². The van der Waals surface area contributed by atoms with Gasteiger partial charge in [0.25, 0.3) is 0 Å². The second-order valence-corrected chi connectivity index (χ2v) is 4.05. The molecule has 1 aliphatic heterocycles. The molecule has 0 unspecified atom stereocenters. The van der Waals surface area contributed by atoms with Crippen molar-refractivity contribution in [2.45, 2.75) is 12.5 Å². The molecule has 2 rings (SSSR count). The summed E-state index contributed by atoms with van der Waals surface area (Å²) in [6.07, 6.45) is -1.25. The smallest absolute Gasteiger partial charge is 0.312 e. The quantitative estimate of drug-likeness (QED) is 0.820. The Kier molecular flexibility index (Phi) is 3.88. The number of nitriles is 1. The minimum Gasteiger partial charge on any atom is -0.469 e. The van der Waals surface area contributed by atoms with Crippen LogP contribution in [0.4, 0.5) is 0 Å². The normalized spacial score (nSPS) is 15.4. The number of carbonyl (C=O) groups is 1. The number of methoxy groups -OCH3 is 1.